The summed E-state index contributed by atoms with van der Waals surface area (Å²) in [6, 6.07) is 7.40. The second-order valence-corrected chi connectivity index (χ2v) is 3.27. The smallest absolute Gasteiger partial charge is 0.181 e. The van der Waals surface area contributed by atoms with E-state index in [-0.39, 0.29) is 0 Å². The highest BCUT2D eigenvalue weighted by molar-refractivity contribution is 6.30. The quantitative estimate of drug-likeness (QED) is 0.825. The van der Waals surface area contributed by atoms with Crippen LogP contribution < -0.4 is 5.73 Å². The molecular formula is C10H9ClN2O. The molecule has 14 heavy (non-hydrogen) atoms. The third kappa shape index (κ3) is 1.64. The van der Waals surface area contributed by atoms with Crippen LogP contribution in [0.2, 0.25) is 5.02 Å². The molecule has 0 aliphatic rings. The predicted molar refractivity (Wildman–Crippen MR) is 54.8 cm³/mol. The van der Waals surface area contributed by atoms with Gasteiger partial charge in [0, 0.05) is 10.6 Å². The van der Waals surface area contributed by atoms with Crippen molar-refractivity contribution < 1.29 is 4.42 Å². The Bertz CT molecular complexity index is 422. The van der Waals surface area contributed by atoms with Crippen molar-refractivity contribution in [3.05, 3.63) is 41.4 Å². The predicted octanol–water partition coefficient (Wildman–Crippen LogP) is 2.45. The van der Waals surface area contributed by atoms with Crippen LogP contribution in [0.4, 0.5) is 0 Å². The average Bonchev–Trinajstić information content (AvgIpc) is 2.67. The van der Waals surface area contributed by atoms with Crippen molar-refractivity contribution in [3.8, 4) is 11.3 Å². The summed E-state index contributed by atoms with van der Waals surface area (Å²) in [7, 11) is 0. The molecule has 72 valence electrons. The van der Waals surface area contributed by atoms with Gasteiger partial charge in [0.1, 0.15) is 11.5 Å². The lowest BCUT2D eigenvalue weighted by Gasteiger charge is -1.98. The summed E-state index contributed by atoms with van der Waals surface area (Å²) in [4.78, 5) is 4.10. The summed E-state index contributed by atoms with van der Waals surface area (Å²) < 4.78 is 5.13. The van der Waals surface area contributed by atoms with E-state index in [2.05, 4.69) is 4.98 Å². The van der Waals surface area contributed by atoms with Gasteiger partial charge in [-0.05, 0) is 12.1 Å². The topological polar surface area (TPSA) is 52.0 Å². The van der Waals surface area contributed by atoms with Gasteiger partial charge in [-0.3, -0.25) is 0 Å². The third-order valence-electron chi connectivity index (χ3n) is 1.94. The lowest BCUT2D eigenvalue weighted by atomic mass is 10.1. The first kappa shape index (κ1) is 9.24. The lowest BCUT2D eigenvalue weighted by molar-refractivity contribution is 0.507. The van der Waals surface area contributed by atoms with Gasteiger partial charge in [-0.15, -0.1) is 0 Å². The molecule has 4 heteroatoms. The van der Waals surface area contributed by atoms with E-state index in [0.717, 1.165) is 11.3 Å². The summed E-state index contributed by atoms with van der Waals surface area (Å²) in [6.07, 6.45) is 1.39. The van der Waals surface area contributed by atoms with Crippen molar-refractivity contribution in [1.82, 2.24) is 4.98 Å². The number of nitrogens with two attached hydrogens (primary N) is 1. The van der Waals surface area contributed by atoms with Crippen LogP contribution in [-0.4, -0.2) is 4.98 Å². The number of hydrogen-bond donors (Lipinski definition) is 1. The normalized spacial score (nSPS) is 10.4. The number of benzene rings is 1. The second-order valence-electron chi connectivity index (χ2n) is 2.84. The van der Waals surface area contributed by atoms with Gasteiger partial charge in [0.05, 0.1) is 6.54 Å². The zero-order valence-electron chi connectivity index (χ0n) is 7.40. The zero-order chi connectivity index (χ0) is 9.97. The molecule has 2 N–H and O–H groups in total. The van der Waals surface area contributed by atoms with E-state index in [1.807, 2.05) is 24.3 Å². The van der Waals surface area contributed by atoms with Crippen LogP contribution in [0.1, 0.15) is 5.76 Å². The molecule has 2 aromatic rings. The monoisotopic (exact) mass is 208 g/mol. The first-order valence-electron chi connectivity index (χ1n) is 4.19. The minimum absolute atomic E-state index is 0.345. The second kappa shape index (κ2) is 3.82. The molecule has 0 saturated carbocycles. The minimum atomic E-state index is 0.345. The Morgan fingerprint density at radius 2 is 2.00 bits per heavy atom. The largest absolute Gasteiger partial charge is 0.446 e. The number of nitrogens with zero attached hydrogens (tertiary/aromatic N) is 1. The highest BCUT2D eigenvalue weighted by Gasteiger charge is 2.08. The van der Waals surface area contributed by atoms with Gasteiger partial charge in [-0.1, -0.05) is 23.7 Å². The standard InChI is InChI=1S/C10H9ClN2O/c11-8-3-1-7(2-4-8)10-9(5-12)14-6-13-10/h1-4,6H,5,12H2. The van der Waals surface area contributed by atoms with Crippen molar-refractivity contribution in [1.29, 1.82) is 0 Å². The number of oxazole rings is 1. The van der Waals surface area contributed by atoms with Crippen molar-refractivity contribution >= 4 is 11.6 Å². The number of rotatable bonds is 2. The van der Waals surface area contributed by atoms with Crippen LogP contribution >= 0.6 is 11.6 Å². The molecule has 0 amide bonds. The maximum atomic E-state index is 5.78. The molecule has 1 aromatic heterocycles. The molecule has 0 atom stereocenters. The van der Waals surface area contributed by atoms with Crippen LogP contribution in [0.3, 0.4) is 0 Å². The van der Waals surface area contributed by atoms with E-state index >= 15 is 0 Å². The van der Waals surface area contributed by atoms with Crippen LogP contribution in [0.5, 0.6) is 0 Å². The van der Waals surface area contributed by atoms with Gasteiger partial charge < -0.3 is 10.2 Å². The third-order valence-corrected chi connectivity index (χ3v) is 2.20. The van der Waals surface area contributed by atoms with Gasteiger partial charge in [0.25, 0.3) is 0 Å². The molecule has 1 aromatic carbocycles. The fraction of sp³-hybridized carbons (Fsp3) is 0.100. The Labute approximate surface area is 86.5 Å². The minimum Gasteiger partial charge on any atom is -0.446 e. The lowest BCUT2D eigenvalue weighted by Crippen LogP contribution is -1.96. The zero-order valence-corrected chi connectivity index (χ0v) is 8.16. The molecular weight excluding hydrogens is 200 g/mol. The maximum Gasteiger partial charge on any atom is 0.181 e. The van der Waals surface area contributed by atoms with E-state index in [0.29, 0.717) is 17.3 Å². The van der Waals surface area contributed by atoms with E-state index < -0.39 is 0 Å². The number of hydrogen-bond acceptors (Lipinski definition) is 3. The average molecular weight is 209 g/mol. The Morgan fingerprint density at radius 1 is 1.29 bits per heavy atom. The highest BCUT2D eigenvalue weighted by Crippen LogP contribution is 2.23. The van der Waals surface area contributed by atoms with Crippen molar-refractivity contribution in [2.75, 3.05) is 0 Å². The molecule has 1 heterocycles. The van der Waals surface area contributed by atoms with E-state index in [4.69, 9.17) is 21.8 Å². The summed E-state index contributed by atoms with van der Waals surface area (Å²) >= 11 is 5.78. The van der Waals surface area contributed by atoms with Crippen molar-refractivity contribution in [2.45, 2.75) is 6.54 Å². The van der Waals surface area contributed by atoms with E-state index in [9.17, 15) is 0 Å². The van der Waals surface area contributed by atoms with E-state index in [1.54, 1.807) is 0 Å². The van der Waals surface area contributed by atoms with Crippen molar-refractivity contribution in [3.63, 3.8) is 0 Å². The van der Waals surface area contributed by atoms with Gasteiger partial charge in [0.2, 0.25) is 0 Å². The summed E-state index contributed by atoms with van der Waals surface area (Å²) in [5, 5.41) is 0.701. The molecule has 3 nitrogen and oxygen atoms in total. The van der Waals surface area contributed by atoms with Crippen LogP contribution in [0.15, 0.2) is 35.1 Å². The Balaban J connectivity index is 2.44. The summed E-state index contributed by atoms with van der Waals surface area (Å²) in [6.45, 7) is 0.345. The van der Waals surface area contributed by atoms with Crippen LogP contribution in [0, 0.1) is 0 Å². The van der Waals surface area contributed by atoms with Crippen molar-refractivity contribution in [2.24, 2.45) is 5.73 Å². The number of aromatic nitrogens is 1. The molecule has 0 spiro atoms. The molecule has 0 saturated heterocycles. The fourth-order valence-corrected chi connectivity index (χ4v) is 1.38. The Morgan fingerprint density at radius 3 is 2.64 bits per heavy atom. The van der Waals surface area contributed by atoms with E-state index in [1.165, 1.54) is 6.39 Å². The molecule has 2 rings (SSSR count). The Hall–Kier alpha value is -1.32. The van der Waals surface area contributed by atoms with Gasteiger partial charge in [-0.2, -0.15) is 0 Å². The SMILES string of the molecule is NCc1ocnc1-c1ccc(Cl)cc1. The first-order valence-corrected chi connectivity index (χ1v) is 4.57. The maximum absolute atomic E-state index is 5.78. The van der Waals surface area contributed by atoms with Crippen LogP contribution in [-0.2, 0) is 6.54 Å². The molecule has 0 unspecified atom stereocenters. The summed E-state index contributed by atoms with van der Waals surface area (Å²) in [5.74, 6) is 0.687. The first-order chi connectivity index (χ1) is 6.81. The molecule has 0 aliphatic heterocycles. The highest BCUT2D eigenvalue weighted by atomic mass is 35.5. The molecule has 0 radical (unpaired) electrons. The molecule has 0 bridgehead atoms. The fourth-order valence-electron chi connectivity index (χ4n) is 1.26. The molecule has 0 aliphatic carbocycles. The van der Waals surface area contributed by atoms with Gasteiger partial charge in [-0.25, -0.2) is 4.98 Å². The number of halogens is 1. The summed E-state index contributed by atoms with van der Waals surface area (Å²) in [5.41, 5.74) is 7.25. The molecule has 0 fully saturated rings. The van der Waals surface area contributed by atoms with Gasteiger partial charge >= 0.3 is 0 Å². The Kier molecular flexibility index (Phi) is 2.52. The van der Waals surface area contributed by atoms with Gasteiger partial charge in [0.15, 0.2) is 6.39 Å². The van der Waals surface area contributed by atoms with Crippen LogP contribution in [0.25, 0.3) is 11.3 Å².